The number of benzene rings is 1. The molecule has 0 atom stereocenters. The minimum absolute atomic E-state index is 0.822. The Morgan fingerprint density at radius 1 is 1.29 bits per heavy atom. The summed E-state index contributed by atoms with van der Waals surface area (Å²) in [6, 6.07) is 10.6. The molecular weight excluding hydrogens is 280 g/mol. The van der Waals surface area contributed by atoms with E-state index in [1.807, 2.05) is 7.05 Å². The molecule has 2 aromatic heterocycles. The Morgan fingerprint density at radius 3 is 2.86 bits per heavy atom. The largest absolute Gasteiger partial charge is 0.358 e. The highest BCUT2D eigenvalue weighted by molar-refractivity contribution is 7.15. The summed E-state index contributed by atoms with van der Waals surface area (Å²) < 4.78 is 2.18. The topological polar surface area (TPSA) is 32.6 Å². The van der Waals surface area contributed by atoms with Crippen LogP contribution in [0.5, 0.6) is 0 Å². The Morgan fingerprint density at radius 2 is 2.10 bits per heavy atom. The van der Waals surface area contributed by atoms with Crippen molar-refractivity contribution < 1.29 is 0 Å². The van der Waals surface area contributed by atoms with E-state index in [1.165, 1.54) is 11.3 Å². The van der Waals surface area contributed by atoms with Crippen LogP contribution in [0.2, 0.25) is 0 Å². The van der Waals surface area contributed by atoms with Gasteiger partial charge in [0.15, 0.2) is 10.8 Å². The molecule has 0 aliphatic heterocycles. The number of likely N-dealkylation sites (N-methyl/N-ethyl adjacent to an activating group) is 1. The van der Waals surface area contributed by atoms with Crippen molar-refractivity contribution in [3.8, 4) is 0 Å². The van der Waals surface area contributed by atoms with Crippen LogP contribution in [-0.2, 0) is 13.0 Å². The van der Waals surface area contributed by atoms with Crippen molar-refractivity contribution in [1.82, 2.24) is 14.7 Å². The summed E-state index contributed by atoms with van der Waals surface area (Å²) in [7, 11) is 4.09. The maximum atomic E-state index is 4.77. The average Bonchev–Trinajstić information content (AvgIpc) is 3.09. The van der Waals surface area contributed by atoms with Crippen LogP contribution in [0, 0.1) is 0 Å². The molecule has 0 fully saturated rings. The van der Waals surface area contributed by atoms with Crippen LogP contribution in [0.15, 0.2) is 41.9 Å². The summed E-state index contributed by atoms with van der Waals surface area (Å²) in [4.78, 5) is 8.08. The Kier molecular flexibility index (Phi) is 4.22. The summed E-state index contributed by atoms with van der Waals surface area (Å²) in [6.07, 6.45) is 3.12. The third-order valence-corrected chi connectivity index (χ3v) is 4.38. The molecule has 0 amide bonds. The van der Waals surface area contributed by atoms with Crippen LogP contribution in [0.1, 0.15) is 11.3 Å². The molecule has 110 valence electrons. The number of hydrogen-bond acceptors (Lipinski definition) is 4. The summed E-state index contributed by atoms with van der Waals surface area (Å²) >= 11 is 1.68. The third kappa shape index (κ3) is 2.94. The van der Waals surface area contributed by atoms with E-state index in [1.54, 1.807) is 11.3 Å². The van der Waals surface area contributed by atoms with Gasteiger partial charge in [0.2, 0.25) is 0 Å². The molecule has 0 spiro atoms. The van der Waals surface area contributed by atoms with Gasteiger partial charge in [-0.2, -0.15) is 0 Å². The molecule has 0 radical (unpaired) electrons. The number of fused-ring (bicyclic) bond motifs is 1. The summed E-state index contributed by atoms with van der Waals surface area (Å²) in [5.74, 6) is 1.08. The van der Waals surface area contributed by atoms with E-state index in [0.29, 0.717) is 0 Å². The highest BCUT2D eigenvalue weighted by Gasteiger charge is 2.15. The molecule has 1 aromatic carbocycles. The van der Waals surface area contributed by atoms with Crippen LogP contribution in [0.3, 0.4) is 0 Å². The number of nitrogens with zero attached hydrogens (tertiary/aromatic N) is 3. The smallest absolute Gasteiger partial charge is 0.195 e. The van der Waals surface area contributed by atoms with Crippen LogP contribution >= 0.6 is 11.3 Å². The lowest BCUT2D eigenvalue weighted by molar-refractivity contribution is 0.770. The van der Waals surface area contributed by atoms with Gasteiger partial charge in [-0.05, 0) is 19.0 Å². The Labute approximate surface area is 129 Å². The van der Waals surface area contributed by atoms with Gasteiger partial charge in [-0.3, -0.25) is 4.40 Å². The quantitative estimate of drug-likeness (QED) is 0.760. The molecule has 0 bridgehead atoms. The fraction of sp³-hybridized carbons (Fsp3) is 0.312. The number of nitrogens with one attached hydrogen (secondary N) is 1. The predicted molar refractivity (Wildman–Crippen MR) is 89.2 cm³/mol. The maximum Gasteiger partial charge on any atom is 0.195 e. The van der Waals surface area contributed by atoms with Crippen molar-refractivity contribution in [1.29, 1.82) is 0 Å². The molecule has 3 rings (SSSR count). The molecule has 0 saturated heterocycles. The number of anilines is 1. The number of hydrogen-bond donors (Lipinski definition) is 1. The van der Waals surface area contributed by atoms with Gasteiger partial charge in [0, 0.05) is 31.7 Å². The van der Waals surface area contributed by atoms with Gasteiger partial charge in [0.1, 0.15) is 0 Å². The second-order valence-corrected chi connectivity index (χ2v) is 6.00. The summed E-state index contributed by atoms with van der Waals surface area (Å²) in [5, 5.41) is 5.32. The number of thiazole rings is 1. The molecule has 0 saturated carbocycles. The van der Waals surface area contributed by atoms with Crippen LogP contribution in [-0.4, -0.2) is 30.0 Å². The monoisotopic (exact) mass is 300 g/mol. The molecule has 21 heavy (non-hydrogen) atoms. The maximum absolute atomic E-state index is 4.77. The molecule has 4 nitrogen and oxygen atoms in total. The lowest BCUT2D eigenvalue weighted by Crippen LogP contribution is -2.23. The first-order chi connectivity index (χ1) is 10.3. The van der Waals surface area contributed by atoms with E-state index >= 15 is 0 Å². The number of imidazole rings is 1. The van der Waals surface area contributed by atoms with E-state index in [2.05, 4.69) is 63.6 Å². The lowest BCUT2D eigenvalue weighted by atomic mass is 10.1. The van der Waals surface area contributed by atoms with Gasteiger partial charge in [-0.15, -0.1) is 11.3 Å². The fourth-order valence-corrected chi connectivity index (χ4v) is 3.23. The van der Waals surface area contributed by atoms with Gasteiger partial charge >= 0.3 is 0 Å². The highest BCUT2D eigenvalue weighted by Crippen LogP contribution is 2.24. The van der Waals surface area contributed by atoms with Gasteiger partial charge < -0.3 is 10.2 Å². The van der Waals surface area contributed by atoms with Gasteiger partial charge in [-0.1, -0.05) is 30.3 Å². The Balaban J connectivity index is 1.78. The summed E-state index contributed by atoms with van der Waals surface area (Å²) in [5.41, 5.74) is 2.59. The van der Waals surface area contributed by atoms with Gasteiger partial charge in [0.25, 0.3) is 0 Å². The Bertz CT molecular complexity index is 701. The number of rotatable bonds is 6. The van der Waals surface area contributed by atoms with E-state index in [0.717, 1.165) is 30.3 Å². The van der Waals surface area contributed by atoms with Crippen LogP contribution < -0.4 is 10.2 Å². The van der Waals surface area contributed by atoms with Gasteiger partial charge in [-0.25, -0.2) is 4.98 Å². The van der Waals surface area contributed by atoms with E-state index in [9.17, 15) is 0 Å². The second-order valence-electron chi connectivity index (χ2n) is 5.13. The molecule has 5 heteroatoms. The SMILES string of the molecule is CNCc1c(N(C)CCc2ccccc2)nc2sccn12. The van der Waals surface area contributed by atoms with Crippen molar-refractivity contribution in [3.63, 3.8) is 0 Å². The minimum atomic E-state index is 0.822. The number of aromatic nitrogens is 2. The van der Waals surface area contributed by atoms with Crippen molar-refractivity contribution in [3.05, 3.63) is 53.2 Å². The third-order valence-electron chi connectivity index (χ3n) is 3.62. The molecule has 1 N–H and O–H groups in total. The second kappa shape index (κ2) is 6.28. The first-order valence-corrected chi connectivity index (χ1v) is 8.01. The van der Waals surface area contributed by atoms with Crippen molar-refractivity contribution in [2.24, 2.45) is 0 Å². The molecular formula is C16H20N4S. The van der Waals surface area contributed by atoms with Gasteiger partial charge in [0.05, 0.1) is 5.69 Å². The summed E-state index contributed by atoms with van der Waals surface area (Å²) in [6.45, 7) is 1.79. The van der Waals surface area contributed by atoms with E-state index < -0.39 is 0 Å². The molecule has 0 aliphatic rings. The van der Waals surface area contributed by atoms with E-state index in [4.69, 9.17) is 4.98 Å². The molecule has 3 aromatic rings. The molecule has 0 aliphatic carbocycles. The zero-order valence-electron chi connectivity index (χ0n) is 12.4. The normalized spacial score (nSPS) is 11.1. The van der Waals surface area contributed by atoms with Crippen LogP contribution in [0.25, 0.3) is 4.96 Å². The lowest BCUT2D eigenvalue weighted by Gasteiger charge is -2.18. The standard InChI is InChI=1S/C16H20N4S/c1-17-12-14-15(18-16-20(14)10-11-21-16)19(2)9-8-13-6-4-3-5-7-13/h3-7,10-11,17H,8-9,12H2,1-2H3. The highest BCUT2D eigenvalue weighted by atomic mass is 32.1. The minimum Gasteiger partial charge on any atom is -0.358 e. The van der Waals surface area contributed by atoms with E-state index in [-0.39, 0.29) is 0 Å². The predicted octanol–water partition coefficient (Wildman–Crippen LogP) is 2.79. The van der Waals surface area contributed by atoms with Crippen molar-refractivity contribution >= 4 is 22.1 Å². The first-order valence-electron chi connectivity index (χ1n) is 7.13. The average molecular weight is 300 g/mol. The zero-order chi connectivity index (χ0) is 14.7. The molecule has 2 heterocycles. The Hall–Kier alpha value is -1.85. The molecule has 0 unspecified atom stereocenters. The first kappa shape index (κ1) is 14.1. The van der Waals surface area contributed by atoms with Crippen molar-refractivity contribution in [2.75, 3.05) is 25.5 Å². The van der Waals surface area contributed by atoms with Crippen LogP contribution in [0.4, 0.5) is 5.82 Å². The zero-order valence-corrected chi connectivity index (χ0v) is 13.2. The fourth-order valence-electron chi connectivity index (χ4n) is 2.51. The van der Waals surface area contributed by atoms with Crippen molar-refractivity contribution in [2.45, 2.75) is 13.0 Å².